The Morgan fingerprint density at radius 3 is 2.12 bits per heavy atom. The molecule has 0 bridgehead atoms. The van der Waals surface area contributed by atoms with Gasteiger partial charge in [0, 0.05) is 12.5 Å². The number of carboxylic acid groups (broad SMARTS) is 1. The number of carboxylic acids is 1. The summed E-state index contributed by atoms with van der Waals surface area (Å²) in [4.78, 5) is 10.7. The molecule has 3 aromatic rings. The van der Waals surface area contributed by atoms with Gasteiger partial charge in [-0.05, 0) is 60.5 Å². The lowest BCUT2D eigenvalue weighted by Crippen LogP contribution is -2.13. The number of rotatable bonds is 10. The van der Waals surface area contributed by atoms with Crippen LogP contribution in [0.4, 0.5) is 5.69 Å². The van der Waals surface area contributed by atoms with Gasteiger partial charge in [0.25, 0.3) is 10.0 Å². The third-order valence-corrected chi connectivity index (χ3v) is 5.96. The van der Waals surface area contributed by atoms with Crippen molar-refractivity contribution in [3.05, 3.63) is 72.3 Å². The maximum Gasteiger partial charge on any atom is 0.303 e. The van der Waals surface area contributed by atoms with E-state index in [0.717, 1.165) is 5.56 Å². The lowest BCUT2D eigenvalue weighted by atomic mass is 10.1. The highest BCUT2D eigenvalue weighted by Gasteiger charge is 2.16. The maximum atomic E-state index is 12.8. The molecular weight excluding hydrogens is 434 g/mol. The molecule has 0 spiro atoms. The van der Waals surface area contributed by atoms with E-state index in [1.54, 1.807) is 55.6 Å². The van der Waals surface area contributed by atoms with E-state index in [0.29, 0.717) is 35.1 Å². The Hall–Kier alpha value is -3.72. The lowest BCUT2D eigenvalue weighted by Gasteiger charge is -2.14. The van der Waals surface area contributed by atoms with Gasteiger partial charge in [0.05, 0.1) is 24.8 Å². The molecule has 0 unspecified atom stereocenters. The smallest absolute Gasteiger partial charge is 0.303 e. The van der Waals surface area contributed by atoms with Gasteiger partial charge in [-0.2, -0.15) is 0 Å². The second kappa shape index (κ2) is 10.1. The minimum Gasteiger partial charge on any atom is -0.497 e. The Balaban J connectivity index is 1.78. The van der Waals surface area contributed by atoms with Crippen molar-refractivity contribution in [3.63, 3.8) is 0 Å². The second-order valence-electron chi connectivity index (χ2n) is 6.79. The van der Waals surface area contributed by atoms with Crippen molar-refractivity contribution in [2.45, 2.75) is 17.7 Å². The summed E-state index contributed by atoms with van der Waals surface area (Å²) in [6.07, 6.45) is 0.306. The van der Waals surface area contributed by atoms with Crippen LogP contribution in [-0.4, -0.2) is 33.7 Å². The fourth-order valence-electron chi connectivity index (χ4n) is 2.89. The summed E-state index contributed by atoms with van der Waals surface area (Å²) in [6, 6.07) is 17.7. The molecule has 3 rings (SSSR count). The van der Waals surface area contributed by atoms with Crippen molar-refractivity contribution in [1.82, 2.24) is 0 Å². The zero-order valence-corrected chi connectivity index (χ0v) is 18.4. The van der Waals surface area contributed by atoms with Crippen LogP contribution in [0.2, 0.25) is 0 Å². The normalized spacial score (nSPS) is 10.9. The average molecular weight is 458 g/mol. The van der Waals surface area contributed by atoms with Crippen LogP contribution in [0.25, 0.3) is 0 Å². The van der Waals surface area contributed by atoms with Gasteiger partial charge >= 0.3 is 5.97 Å². The molecule has 0 heterocycles. The lowest BCUT2D eigenvalue weighted by molar-refractivity contribution is -0.136. The zero-order valence-electron chi connectivity index (χ0n) is 17.6. The fourth-order valence-corrected chi connectivity index (χ4v) is 3.94. The summed E-state index contributed by atoms with van der Waals surface area (Å²) in [6.45, 7) is 0. The van der Waals surface area contributed by atoms with Crippen molar-refractivity contribution >= 4 is 21.7 Å². The maximum absolute atomic E-state index is 12.8. The number of anilines is 1. The molecule has 0 amide bonds. The summed E-state index contributed by atoms with van der Waals surface area (Å²) < 4.78 is 44.4. The van der Waals surface area contributed by atoms with E-state index in [1.807, 2.05) is 0 Å². The molecule has 0 saturated heterocycles. The van der Waals surface area contributed by atoms with Gasteiger partial charge in [-0.3, -0.25) is 9.52 Å². The first-order valence-corrected chi connectivity index (χ1v) is 11.1. The first kappa shape index (κ1) is 23.0. The SMILES string of the molecule is COc1ccc(Oc2cc(NS(=O)(=O)c3ccc(CCC(=O)O)cc3)ccc2OC)cc1. The second-order valence-corrected chi connectivity index (χ2v) is 8.47. The number of hydrogen-bond acceptors (Lipinski definition) is 6. The van der Waals surface area contributed by atoms with Gasteiger partial charge in [-0.15, -0.1) is 0 Å². The summed E-state index contributed by atoms with van der Waals surface area (Å²) in [7, 11) is -0.799. The minimum absolute atomic E-state index is 0.0207. The first-order chi connectivity index (χ1) is 15.3. The van der Waals surface area contributed by atoms with Gasteiger partial charge in [-0.1, -0.05) is 12.1 Å². The standard InChI is InChI=1S/C23H23NO7S/c1-29-18-7-9-19(10-8-18)31-22-15-17(6-13-21(22)30-2)24-32(27,28)20-11-3-16(4-12-20)5-14-23(25)26/h3-4,6-13,15,24H,5,14H2,1-2H3,(H,25,26). The van der Waals surface area contributed by atoms with Crippen LogP contribution < -0.4 is 18.9 Å². The minimum atomic E-state index is -3.86. The summed E-state index contributed by atoms with van der Waals surface area (Å²) in [5.74, 6) is 1.07. The van der Waals surface area contributed by atoms with Gasteiger partial charge < -0.3 is 19.3 Å². The van der Waals surface area contributed by atoms with Gasteiger partial charge in [0.1, 0.15) is 11.5 Å². The number of carbonyl (C=O) groups is 1. The molecule has 9 heteroatoms. The quantitative estimate of drug-likeness (QED) is 0.466. The molecule has 0 saturated carbocycles. The van der Waals surface area contributed by atoms with E-state index < -0.39 is 16.0 Å². The predicted molar refractivity (Wildman–Crippen MR) is 119 cm³/mol. The predicted octanol–water partition coefficient (Wildman–Crippen LogP) is 4.31. The molecule has 0 aliphatic heterocycles. The van der Waals surface area contributed by atoms with Gasteiger partial charge in [0.2, 0.25) is 0 Å². The molecule has 2 N–H and O–H groups in total. The number of aliphatic carboxylic acids is 1. The Morgan fingerprint density at radius 1 is 0.875 bits per heavy atom. The van der Waals surface area contributed by atoms with E-state index in [1.165, 1.54) is 25.3 Å². The van der Waals surface area contributed by atoms with Crippen LogP contribution in [0.1, 0.15) is 12.0 Å². The van der Waals surface area contributed by atoms with Crippen LogP contribution in [0.3, 0.4) is 0 Å². The fraction of sp³-hybridized carbons (Fsp3) is 0.174. The monoisotopic (exact) mass is 457 g/mol. The van der Waals surface area contributed by atoms with Crippen LogP contribution in [0, 0.1) is 0 Å². The highest BCUT2D eigenvalue weighted by molar-refractivity contribution is 7.92. The Labute approximate surface area is 186 Å². The average Bonchev–Trinajstić information content (AvgIpc) is 2.78. The Kier molecular flexibility index (Phi) is 7.21. The molecule has 0 fully saturated rings. The van der Waals surface area contributed by atoms with E-state index in [9.17, 15) is 13.2 Å². The van der Waals surface area contributed by atoms with Crippen LogP contribution in [-0.2, 0) is 21.2 Å². The van der Waals surface area contributed by atoms with Crippen molar-refractivity contribution in [1.29, 1.82) is 0 Å². The van der Waals surface area contributed by atoms with E-state index in [4.69, 9.17) is 19.3 Å². The van der Waals surface area contributed by atoms with Crippen LogP contribution in [0.5, 0.6) is 23.0 Å². The highest BCUT2D eigenvalue weighted by Crippen LogP contribution is 2.35. The highest BCUT2D eigenvalue weighted by atomic mass is 32.2. The number of ether oxygens (including phenoxy) is 3. The van der Waals surface area contributed by atoms with Crippen molar-refractivity contribution < 1.29 is 32.5 Å². The molecule has 0 aliphatic rings. The summed E-state index contributed by atoms with van der Waals surface area (Å²) >= 11 is 0. The summed E-state index contributed by atoms with van der Waals surface area (Å²) in [5, 5.41) is 8.77. The molecule has 0 aromatic heterocycles. The molecular formula is C23H23NO7S. The summed E-state index contributed by atoms with van der Waals surface area (Å²) in [5.41, 5.74) is 1.04. The van der Waals surface area contributed by atoms with Gasteiger partial charge in [0.15, 0.2) is 11.5 Å². The zero-order chi connectivity index (χ0) is 23.1. The van der Waals surface area contributed by atoms with E-state index in [2.05, 4.69) is 4.72 Å². The van der Waals surface area contributed by atoms with Crippen LogP contribution >= 0.6 is 0 Å². The molecule has 32 heavy (non-hydrogen) atoms. The number of methoxy groups -OCH3 is 2. The van der Waals surface area contributed by atoms with E-state index >= 15 is 0 Å². The topological polar surface area (TPSA) is 111 Å². The number of sulfonamides is 1. The molecule has 8 nitrogen and oxygen atoms in total. The van der Waals surface area contributed by atoms with Crippen LogP contribution in [0.15, 0.2) is 71.6 Å². The Morgan fingerprint density at radius 2 is 1.53 bits per heavy atom. The van der Waals surface area contributed by atoms with Crippen molar-refractivity contribution in [3.8, 4) is 23.0 Å². The molecule has 0 radical (unpaired) electrons. The number of benzene rings is 3. The number of nitrogens with one attached hydrogen (secondary N) is 1. The van der Waals surface area contributed by atoms with Crippen molar-refractivity contribution in [2.75, 3.05) is 18.9 Å². The molecule has 3 aromatic carbocycles. The number of aryl methyl sites for hydroxylation is 1. The third-order valence-electron chi connectivity index (χ3n) is 4.56. The molecule has 168 valence electrons. The van der Waals surface area contributed by atoms with Crippen molar-refractivity contribution in [2.24, 2.45) is 0 Å². The number of hydrogen-bond donors (Lipinski definition) is 2. The van der Waals surface area contributed by atoms with E-state index in [-0.39, 0.29) is 11.3 Å². The van der Waals surface area contributed by atoms with Gasteiger partial charge in [-0.25, -0.2) is 8.42 Å². The largest absolute Gasteiger partial charge is 0.497 e. The molecule has 0 aliphatic carbocycles. The molecule has 0 atom stereocenters. The Bertz CT molecular complexity index is 1170. The third kappa shape index (κ3) is 5.92. The first-order valence-electron chi connectivity index (χ1n) is 9.64.